The molecule has 1 aromatic rings. The van der Waals surface area contributed by atoms with Crippen LogP contribution >= 0.6 is 0 Å². The van der Waals surface area contributed by atoms with Crippen molar-refractivity contribution in [3.63, 3.8) is 0 Å². The zero-order chi connectivity index (χ0) is 12.0. The Morgan fingerprint density at radius 1 is 1.24 bits per heavy atom. The van der Waals surface area contributed by atoms with E-state index in [0.29, 0.717) is 5.41 Å². The number of piperidine rings is 1. The molecule has 0 radical (unpaired) electrons. The molecule has 1 saturated heterocycles. The Bertz CT molecular complexity index is 421. The van der Waals surface area contributed by atoms with Crippen molar-refractivity contribution in [1.82, 2.24) is 4.90 Å². The van der Waals surface area contributed by atoms with Gasteiger partial charge in [-0.15, -0.1) is 0 Å². The van der Waals surface area contributed by atoms with Gasteiger partial charge in [-0.2, -0.15) is 0 Å². The minimum absolute atomic E-state index is 0.341. The summed E-state index contributed by atoms with van der Waals surface area (Å²) in [6.07, 6.45) is 4.01. The molecule has 0 aromatic heterocycles. The van der Waals surface area contributed by atoms with Crippen LogP contribution in [0.5, 0.6) is 0 Å². The number of rotatable bonds is 0. The molecule has 1 heterocycles. The van der Waals surface area contributed by atoms with Crippen molar-refractivity contribution in [2.75, 3.05) is 13.6 Å². The summed E-state index contributed by atoms with van der Waals surface area (Å²) in [5.41, 5.74) is 3.51. The number of hydrogen-bond acceptors (Lipinski definition) is 1. The van der Waals surface area contributed by atoms with Crippen molar-refractivity contribution < 1.29 is 0 Å². The molecule has 3 rings (SSSR count). The van der Waals surface area contributed by atoms with Gasteiger partial charge in [-0.1, -0.05) is 38.1 Å². The molecule has 0 amide bonds. The van der Waals surface area contributed by atoms with E-state index in [4.69, 9.17) is 0 Å². The second-order valence-electron chi connectivity index (χ2n) is 6.38. The van der Waals surface area contributed by atoms with Crippen molar-refractivity contribution in [1.29, 1.82) is 0 Å². The standard InChI is InChI=1S/C16H23N/c1-16(2)13-8-5-4-7-12(13)11-15-14(16)9-6-10-17(15)3/h4-5,7-8,14-15H,6,9-11H2,1-3H3. The first kappa shape index (κ1) is 11.3. The summed E-state index contributed by atoms with van der Waals surface area (Å²) >= 11 is 0. The lowest BCUT2D eigenvalue weighted by atomic mass is 9.60. The van der Waals surface area contributed by atoms with E-state index in [0.717, 1.165) is 12.0 Å². The van der Waals surface area contributed by atoms with Gasteiger partial charge in [0.25, 0.3) is 0 Å². The maximum absolute atomic E-state index is 2.59. The first-order chi connectivity index (χ1) is 8.10. The lowest BCUT2D eigenvalue weighted by molar-refractivity contribution is 0.0639. The van der Waals surface area contributed by atoms with Crippen LogP contribution in [-0.4, -0.2) is 24.5 Å². The third-order valence-corrected chi connectivity index (χ3v) is 5.12. The minimum Gasteiger partial charge on any atom is -0.303 e. The van der Waals surface area contributed by atoms with Crippen molar-refractivity contribution in [3.05, 3.63) is 35.4 Å². The molecule has 2 atom stereocenters. The highest BCUT2D eigenvalue weighted by Gasteiger charge is 2.44. The number of likely N-dealkylation sites (N-methyl/N-ethyl adjacent to an activating group) is 1. The summed E-state index contributed by atoms with van der Waals surface area (Å²) in [6, 6.07) is 9.83. The van der Waals surface area contributed by atoms with Crippen LogP contribution in [-0.2, 0) is 11.8 Å². The molecule has 0 bridgehead atoms. The van der Waals surface area contributed by atoms with Gasteiger partial charge in [0.1, 0.15) is 0 Å². The van der Waals surface area contributed by atoms with Gasteiger partial charge in [-0.3, -0.25) is 0 Å². The minimum atomic E-state index is 0.341. The van der Waals surface area contributed by atoms with Crippen molar-refractivity contribution in [2.45, 2.75) is 44.6 Å². The SMILES string of the molecule is CN1CCCC2C1Cc1ccccc1C2(C)C. The maximum atomic E-state index is 2.59. The Morgan fingerprint density at radius 3 is 2.82 bits per heavy atom. The molecule has 1 aliphatic heterocycles. The van der Waals surface area contributed by atoms with E-state index in [1.54, 1.807) is 11.1 Å². The van der Waals surface area contributed by atoms with Crippen LogP contribution in [0.25, 0.3) is 0 Å². The second kappa shape index (κ2) is 3.84. The fourth-order valence-corrected chi connectivity index (χ4v) is 4.12. The van der Waals surface area contributed by atoms with E-state index < -0.39 is 0 Å². The predicted molar refractivity (Wildman–Crippen MR) is 72.3 cm³/mol. The van der Waals surface area contributed by atoms with Crippen LogP contribution in [0.4, 0.5) is 0 Å². The Balaban J connectivity index is 2.08. The highest BCUT2D eigenvalue weighted by atomic mass is 15.1. The Labute approximate surface area is 105 Å². The summed E-state index contributed by atoms with van der Waals surface area (Å²) in [4.78, 5) is 2.59. The zero-order valence-corrected chi connectivity index (χ0v) is 11.2. The Morgan fingerprint density at radius 2 is 2.00 bits per heavy atom. The number of nitrogens with zero attached hydrogens (tertiary/aromatic N) is 1. The third kappa shape index (κ3) is 1.63. The van der Waals surface area contributed by atoms with Crippen LogP contribution in [0.3, 0.4) is 0 Å². The smallest absolute Gasteiger partial charge is 0.0169 e. The molecule has 0 saturated carbocycles. The van der Waals surface area contributed by atoms with Gasteiger partial charge in [0.2, 0.25) is 0 Å². The molecule has 1 aromatic carbocycles. The van der Waals surface area contributed by atoms with Crippen LogP contribution in [0.1, 0.15) is 37.8 Å². The Hall–Kier alpha value is -0.820. The first-order valence-corrected chi connectivity index (χ1v) is 6.89. The van der Waals surface area contributed by atoms with Crippen molar-refractivity contribution in [2.24, 2.45) is 5.92 Å². The Kier molecular flexibility index (Phi) is 2.55. The van der Waals surface area contributed by atoms with Gasteiger partial charge in [0.15, 0.2) is 0 Å². The molecule has 1 aliphatic carbocycles. The molecule has 92 valence electrons. The number of likely N-dealkylation sites (tertiary alicyclic amines) is 1. The monoisotopic (exact) mass is 229 g/mol. The molecule has 2 aliphatic rings. The predicted octanol–water partition coefficient (Wildman–Crippen LogP) is 3.23. The molecule has 0 N–H and O–H groups in total. The van der Waals surface area contributed by atoms with Crippen LogP contribution in [0.2, 0.25) is 0 Å². The van der Waals surface area contributed by atoms with Gasteiger partial charge >= 0.3 is 0 Å². The van der Waals surface area contributed by atoms with E-state index in [1.165, 1.54) is 25.8 Å². The molecule has 1 nitrogen and oxygen atoms in total. The van der Waals surface area contributed by atoms with Crippen LogP contribution in [0.15, 0.2) is 24.3 Å². The number of benzene rings is 1. The van der Waals surface area contributed by atoms with Crippen molar-refractivity contribution in [3.8, 4) is 0 Å². The average molecular weight is 229 g/mol. The summed E-state index contributed by atoms with van der Waals surface area (Å²) in [5, 5.41) is 0. The third-order valence-electron chi connectivity index (χ3n) is 5.12. The normalized spacial score (nSPS) is 31.7. The van der Waals surface area contributed by atoms with E-state index in [9.17, 15) is 0 Å². The summed E-state index contributed by atoms with van der Waals surface area (Å²) in [7, 11) is 2.31. The lowest BCUT2D eigenvalue weighted by Crippen LogP contribution is -2.53. The fraction of sp³-hybridized carbons (Fsp3) is 0.625. The highest BCUT2D eigenvalue weighted by Crippen LogP contribution is 2.46. The topological polar surface area (TPSA) is 3.24 Å². The maximum Gasteiger partial charge on any atom is 0.0169 e. The second-order valence-corrected chi connectivity index (χ2v) is 6.38. The highest BCUT2D eigenvalue weighted by molar-refractivity contribution is 5.38. The van der Waals surface area contributed by atoms with Gasteiger partial charge < -0.3 is 4.90 Å². The van der Waals surface area contributed by atoms with E-state index >= 15 is 0 Å². The van der Waals surface area contributed by atoms with Crippen LogP contribution in [0, 0.1) is 5.92 Å². The molecule has 0 spiro atoms. The van der Waals surface area contributed by atoms with E-state index in [1.807, 2.05) is 0 Å². The van der Waals surface area contributed by atoms with Gasteiger partial charge in [-0.25, -0.2) is 0 Å². The van der Waals surface area contributed by atoms with Crippen LogP contribution < -0.4 is 0 Å². The average Bonchev–Trinajstić information content (AvgIpc) is 2.31. The quantitative estimate of drug-likeness (QED) is 0.660. The van der Waals surface area contributed by atoms with E-state index in [2.05, 4.69) is 50.1 Å². The molecule has 17 heavy (non-hydrogen) atoms. The number of hydrogen-bond donors (Lipinski definition) is 0. The van der Waals surface area contributed by atoms with Gasteiger partial charge in [0, 0.05) is 6.04 Å². The molecule has 2 unspecified atom stereocenters. The first-order valence-electron chi connectivity index (χ1n) is 6.89. The molecular formula is C16H23N. The number of fused-ring (bicyclic) bond motifs is 2. The molecular weight excluding hydrogens is 206 g/mol. The largest absolute Gasteiger partial charge is 0.303 e. The summed E-state index contributed by atoms with van der Waals surface area (Å²) in [5.74, 6) is 0.830. The summed E-state index contributed by atoms with van der Waals surface area (Å²) < 4.78 is 0. The van der Waals surface area contributed by atoms with Gasteiger partial charge in [0.05, 0.1) is 0 Å². The zero-order valence-electron chi connectivity index (χ0n) is 11.2. The summed E-state index contributed by atoms with van der Waals surface area (Å²) in [6.45, 7) is 6.17. The molecule has 1 heteroatoms. The van der Waals surface area contributed by atoms with Gasteiger partial charge in [-0.05, 0) is 55.3 Å². The molecule has 1 fully saturated rings. The lowest BCUT2D eigenvalue weighted by Gasteiger charge is -2.51. The fourth-order valence-electron chi connectivity index (χ4n) is 4.12. The van der Waals surface area contributed by atoms with E-state index in [-0.39, 0.29) is 0 Å². The van der Waals surface area contributed by atoms with Crippen molar-refractivity contribution >= 4 is 0 Å².